The van der Waals surface area contributed by atoms with Gasteiger partial charge in [0.05, 0.1) is 17.8 Å². The van der Waals surface area contributed by atoms with Gasteiger partial charge in [-0.25, -0.2) is 0 Å². The topological polar surface area (TPSA) is 56.1 Å². The molecule has 0 spiro atoms. The van der Waals surface area contributed by atoms with Gasteiger partial charge in [-0.1, -0.05) is 29.8 Å². The number of amides is 1. The first-order valence-electron chi connectivity index (χ1n) is 7.35. The highest BCUT2D eigenvalue weighted by atomic mass is 35.5. The van der Waals surface area contributed by atoms with Gasteiger partial charge in [0.15, 0.2) is 0 Å². The van der Waals surface area contributed by atoms with Gasteiger partial charge in [0, 0.05) is 17.3 Å². The number of halogens is 1. The van der Waals surface area contributed by atoms with Crippen LogP contribution in [0.1, 0.15) is 18.1 Å². The van der Waals surface area contributed by atoms with Crippen LogP contribution in [0.4, 0.5) is 11.4 Å². The Bertz CT molecular complexity index is 752. The molecule has 0 aromatic heterocycles. The van der Waals surface area contributed by atoms with Crippen LogP contribution in [0.25, 0.3) is 0 Å². The summed E-state index contributed by atoms with van der Waals surface area (Å²) >= 11 is 5.94. The van der Waals surface area contributed by atoms with Gasteiger partial charge in [-0.2, -0.15) is 5.26 Å². The molecule has 0 bridgehead atoms. The van der Waals surface area contributed by atoms with E-state index < -0.39 is 0 Å². The lowest BCUT2D eigenvalue weighted by Crippen LogP contribution is -2.33. The van der Waals surface area contributed by atoms with Crippen molar-refractivity contribution in [3.8, 4) is 6.07 Å². The summed E-state index contributed by atoms with van der Waals surface area (Å²) in [6, 6.07) is 14.8. The summed E-state index contributed by atoms with van der Waals surface area (Å²) in [5.74, 6) is -0.186. The van der Waals surface area contributed by atoms with E-state index in [0.29, 0.717) is 22.8 Å². The summed E-state index contributed by atoms with van der Waals surface area (Å²) in [6.45, 7) is 4.93. The molecule has 4 nitrogen and oxygen atoms in total. The predicted molar refractivity (Wildman–Crippen MR) is 93.9 cm³/mol. The lowest BCUT2D eigenvalue weighted by Gasteiger charge is -2.24. The maximum absolute atomic E-state index is 12.3. The SMILES string of the molecule is CCN(CC(=O)Nc1cc(Cl)ccc1C#N)c1ccccc1C. The van der Waals surface area contributed by atoms with Crippen LogP contribution in [-0.4, -0.2) is 19.0 Å². The molecule has 0 heterocycles. The number of benzene rings is 2. The molecule has 1 amide bonds. The number of rotatable bonds is 5. The molecule has 0 fully saturated rings. The van der Waals surface area contributed by atoms with Crippen molar-refractivity contribution in [1.29, 1.82) is 5.26 Å². The van der Waals surface area contributed by atoms with Gasteiger partial charge in [0.2, 0.25) is 5.91 Å². The summed E-state index contributed by atoms with van der Waals surface area (Å²) in [4.78, 5) is 14.3. The zero-order valence-electron chi connectivity index (χ0n) is 13.1. The van der Waals surface area contributed by atoms with E-state index in [1.807, 2.05) is 49.1 Å². The van der Waals surface area contributed by atoms with Crippen LogP contribution in [0.5, 0.6) is 0 Å². The van der Waals surface area contributed by atoms with E-state index >= 15 is 0 Å². The average Bonchev–Trinajstić information content (AvgIpc) is 2.53. The van der Waals surface area contributed by atoms with Gasteiger partial charge < -0.3 is 10.2 Å². The standard InChI is InChI=1S/C18H18ClN3O/c1-3-22(17-7-5-4-6-13(17)2)12-18(23)21-16-10-15(19)9-8-14(16)11-20/h4-10H,3,12H2,1-2H3,(H,21,23). The molecule has 0 aliphatic carbocycles. The van der Waals surface area contributed by atoms with Crippen molar-refractivity contribution >= 4 is 28.9 Å². The van der Waals surface area contributed by atoms with Crippen molar-refractivity contribution in [2.45, 2.75) is 13.8 Å². The van der Waals surface area contributed by atoms with Gasteiger partial charge in [-0.3, -0.25) is 4.79 Å². The molecule has 23 heavy (non-hydrogen) atoms. The zero-order valence-corrected chi connectivity index (χ0v) is 13.9. The smallest absolute Gasteiger partial charge is 0.243 e. The molecule has 0 aliphatic heterocycles. The summed E-state index contributed by atoms with van der Waals surface area (Å²) in [7, 11) is 0. The molecule has 1 N–H and O–H groups in total. The van der Waals surface area contributed by atoms with Crippen molar-refractivity contribution in [2.24, 2.45) is 0 Å². The Morgan fingerprint density at radius 3 is 2.70 bits per heavy atom. The Hall–Kier alpha value is -2.51. The highest BCUT2D eigenvalue weighted by molar-refractivity contribution is 6.31. The quantitative estimate of drug-likeness (QED) is 0.903. The zero-order chi connectivity index (χ0) is 16.8. The molecular weight excluding hydrogens is 310 g/mol. The van der Waals surface area contributed by atoms with E-state index in [2.05, 4.69) is 5.32 Å². The van der Waals surface area contributed by atoms with E-state index in [9.17, 15) is 4.79 Å². The van der Waals surface area contributed by atoms with Gasteiger partial charge in [-0.15, -0.1) is 0 Å². The molecule has 2 rings (SSSR count). The fraction of sp³-hybridized carbons (Fsp3) is 0.222. The second kappa shape index (κ2) is 7.66. The normalized spacial score (nSPS) is 10.0. The largest absolute Gasteiger partial charge is 0.362 e. The summed E-state index contributed by atoms with van der Waals surface area (Å²) in [5.41, 5.74) is 2.96. The molecule has 0 radical (unpaired) electrons. The summed E-state index contributed by atoms with van der Waals surface area (Å²) in [5, 5.41) is 12.4. The van der Waals surface area contributed by atoms with Crippen molar-refractivity contribution in [3.63, 3.8) is 0 Å². The number of hydrogen-bond donors (Lipinski definition) is 1. The second-order valence-corrected chi connectivity index (χ2v) is 5.59. The Labute approximate surface area is 141 Å². The third-order valence-electron chi connectivity index (χ3n) is 3.55. The Morgan fingerprint density at radius 1 is 1.30 bits per heavy atom. The molecule has 0 saturated carbocycles. The van der Waals surface area contributed by atoms with Gasteiger partial charge in [-0.05, 0) is 43.7 Å². The van der Waals surface area contributed by atoms with E-state index in [0.717, 1.165) is 11.3 Å². The van der Waals surface area contributed by atoms with Gasteiger partial charge in [0.25, 0.3) is 0 Å². The molecular formula is C18H18ClN3O. The first-order valence-corrected chi connectivity index (χ1v) is 7.73. The number of nitriles is 1. The lowest BCUT2D eigenvalue weighted by atomic mass is 10.1. The van der Waals surface area contributed by atoms with E-state index in [1.54, 1.807) is 18.2 Å². The molecule has 0 atom stereocenters. The Morgan fingerprint density at radius 2 is 2.04 bits per heavy atom. The number of hydrogen-bond acceptors (Lipinski definition) is 3. The highest BCUT2D eigenvalue weighted by Gasteiger charge is 2.13. The number of carbonyl (C=O) groups excluding carboxylic acids is 1. The minimum atomic E-state index is -0.186. The minimum Gasteiger partial charge on any atom is -0.362 e. The number of para-hydroxylation sites is 1. The summed E-state index contributed by atoms with van der Waals surface area (Å²) < 4.78 is 0. The van der Waals surface area contributed by atoms with Crippen molar-refractivity contribution in [3.05, 3.63) is 58.6 Å². The fourth-order valence-electron chi connectivity index (χ4n) is 2.37. The van der Waals surface area contributed by atoms with Crippen molar-refractivity contribution in [1.82, 2.24) is 0 Å². The fourth-order valence-corrected chi connectivity index (χ4v) is 2.54. The molecule has 0 saturated heterocycles. The van der Waals surface area contributed by atoms with Crippen LogP contribution < -0.4 is 10.2 Å². The van der Waals surface area contributed by atoms with Crippen LogP contribution in [0, 0.1) is 18.3 Å². The third-order valence-corrected chi connectivity index (χ3v) is 3.78. The second-order valence-electron chi connectivity index (χ2n) is 5.15. The van der Waals surface area contributed by atoms with Crippen LogP contribution in [0.15, 0.2) is 42.5 Å². The summed E-state index contributed by atoms with van der Waals surface area (Å²) in [6.07, 6.45) is 0. The maximum Gasteiger partial charge on any atom is 0.243 e. The Balaban J connectivity index is 2.14. The third kappa shape index (κ3) is 4.24. The molecule has 5 heteroatoms. The van der Waals surface area contributed by atoms with Crippen LogP contribution in [0.3, 0.4) is 0 Å². The van der Waals surface area contributed by atoms with E-state index in [1.165, 1.54) is 0 Å². The molecule has 0 aliphatic rings. The molecule has 2 aromatic carbocycles. The van der Waals surface area contributed by atoms with Crippen LogP contribution in [0.2, 0.25) is 5.02 Å². The van der Waals surface area contributed by atoms with Crippen LogP contribution >= 0.6 is 11.6 Å². The monoisotopic (exact) mass is 327 g/mol. The van der Waals surface area contributed by atoms with E-state index in [4.69, 9.17) is 16.9 Å². The maximum atomic E-state index is 12.3. The highest BCUT2D eigenvalue weighted by Crippen LogP contribution is 2.22. The minimum absolute atomic E-state index is 0.186. The first kappa shape index (κ1) is 16.9. The van der Waals surface area contributed by atoms with Gasteiger partial charge >= 0.3 is 0 Å². The van der Waals surface area contributed by atoms with Crippen molar-refractivity contribution in [2.75, 3.05) is 23.3 Å². The Kier molecular flexibility index (Phi) is 5.61. The number of nitrogens with one attached hydrogen (secondary N) is 1. The lowest BCUT2D eigenvalue weighted by molar-refractivity contribution is -0.115. The first-order chi connectivity index (χ1) is 11.0. The van der Waals surface area contributed by atoms with Crippen molar-refractivity contribution < 1.29 is 4.79 Å². The number of anilines is 2. The predicted octanol–water partition coefficient (Wildman–Crippen LogP) is 3.99. The molecule has 2 aromatic rings. The number of nitrogens with zero attached hydrogens (tertiary/aromatic N) is 2. The number of carbonyl (C=O) groups is 1. The molecule has 118 valence electrons. The average molecular weight is 328 g/mol. The van der Waals surface area contributed by atoms with E-state index in [-0.39, 0.29) is 12.5 Å². The number of likely N-dealkylation sites (N-methyl/N-ethyl adjacent to an activating group) is 1. The van der Waals surface area contributed by atoms with Crippen LogP contribution in [-0.2, 0) is 4.79 Å². The van der Waals surface area contributed by atoms with Gasteiger partial charge in [0.1, 0.15) is 6.07 Å². The number of aryl methyl sites for hydroxylation is 1. The molecule has 0 unspecified atom stereocenters.